The molecule has 0 radical (unpaired) electrons. The van der Waals surface area contributed by atoms with Crippen LogP contribution >= 0.6 is 0 Å². The molecule has 2 aromatic rings. The van der Waals surface area contributed by atoms with Crippen LogP contribution in [0.2, 0.25) is 0 Å². The second-order valence-electron chi connectivity index (χ2n) is 6.13. The predicted octanol–water partition coefficient (Wildman–Crippen LogP) is 2.88. The molecule has 0 unspecified atom stereocenters. The minimum atomic E-state index is -4.67. The highest BCUT2D eigenvalue weighted by Gasteiger charge is 2.53. The highest BCUT2D eigenvalue weighted by molar-refractivity contribution is 6.06. The van der Waals surface area contributed by atoms with Crippen molar-refractivity contribution in [1.29, 1.82) is 0 Å². The maximum Gasteiger partial charge on any atom is 0.394 e. The summed E-state index contributed by atoms with van der Waals surface area (Å²) in [7, 11) is 0. The van der Waals surface area contributed by atoms with Crippen LogP contribution in [0.4, 0.5) is 13.2 Å². The highest BCUT2D eigenvalue weighted by Crippen LogP contribution is 2.38. The van der Waals surface area contributed by atoms with E-state index in [0.29, 0.717) is 16.6 Å². The van der Waals surface area contributed by atoms with Gasteiger partial charge in [0.25, 0.3) is 5.91 Å². The van der Waals surface area contributed by atoms with Gasteiger partial charge in [-0.15, -0.1) is 0 Å². The number of para-hydroxylation sites is 1. The van der Waals surface area contributed by atoms with E-state index in [1.165, 1.54) is 6.07 Å². The molecule has 1 aromatic heterocycles. The molecule has 25 heavy (non-hydrogen) atoms. The number of pyridine rings is 1. The van der Waals surface area contributed by atoms with Gasteiger partial charge in [-0.05, 0) is 19.1 Å². The van der Waals surface area contributed by atoms with Crippen LogP contribution in [0.3, 0.4) is 0 Å². The van der Waals surface area contributed by atoms with Gasteiger partial charge in [0, 0.05) is 24.2 Å². The van der Waals surface area contributed by atoms with E-state index in [2.05, 4.69) is 4.98 Å². The van der Waals surface area contributed by atoms with Crippen molar-refractivity contribution >= 4 is 22.8 Å². The average molecular weight is 352 g/mol. The predicted molar refractivity (Wildman–Crippen MR) is 83.1 cm³/mol. The average Bonchev–Trinajstić information content (AvgIpc) is 2.99. The minimum absolute atomic E-state index is 0.232. The monoisotopic (exact) mass is 352 g/mol. The van der Waals surface area contributed by atoms with Crippen LogP contribution in [0, 0.1) is 18.8 Å². The first-order valence-electron chi connectivity index (χ1n) is 7.63. The zero-order chi connectivity index (χ0) is 18.4. The zero-order valence-corrected chi connectivity index (χ0v) is 13.2. The van der Waals surface area contributed by atoms with Crippen molar-refractivity contribution in [3.05, 3.63) is 41.6 Å². The van der Waals surface area contributed by atoms with Gasteiger partial charge in [-0.3, -0.25) is 14.6 Å². The summed E-state index contributed by atoms with van der Waals surface area (Å²) in [6, 6.07) is 8.35. The number of rotatable bonds is 2. The van der Waals surface area contributed by atoms with Crippen molar-refractivity contribution in [3.63, 3.8) is 0 Å². The second kappa shape index (κ2) is 6.02. The first kappa shape index (κ1) is 17.2. The Balaban J connectivity index is 1.98. The largest absolute Gasteiger partial charge is 0.481 e. The van der Waals surface area contributed by atoms with E-state index in [0.717, 1.165) is 4.90 Å². The number of aliphatic carboxylic acids is 1. The molecule has 8 heteroatoms. The molecule has 0 aliphatic carbocycles. The van der Waals surface area contributed by atoms with Gasteiger partial charge in [0.05, 0.1) is 22.9 Å². The third kappa shape index (κ3) is 3.16. The van der Waals surface area contributed by atoms with Gasteiger partial charge in [-0.2, -0.15) is 13.2 Å². The number of alkyl halides is 3. The van der Waals surface area contributed by atoms with Gasteiger partial charge in [0.2, 0.25) is 0 Å². The molecule has 0 bridgehead atoms. The normalized spacial score (nSPS) is 20.9. The molecule has 1 N–H and O–H groups in total. The van der Waals surface area contributed by atoms with Crippen LogP contribution in [0.5, 0.6) is 0 Å². The van der Waals surface area contributed by atoms with Crippen LogP contribution < -0.4 is 0 Å². The number of carbonyl (C=O) groups is 2. The van der Waals surface area contributed by atoms with Gasteiger partial charge < -0.3 is 10.0 Å². The smallest absolute Gasteiger partial charge is 0.394 e. The molecule has 0 spiro atoms. The highest BCUT2D eigenvalue weighted by atomic mass is 19.4. The van der Waals surface area contributed by atoms with E-state index in [4.69, 9.17) is 5.11 Å². The lowest BCUT2D eigenvalue weighted by Crippen LogP contribution is -2.34. The Labute approximate surface area is 141 Å². The first-order chi connectivity index (χ1) is 11.7. The standard InChI is InChI=1S/C17H15F3N2O3/c1-9-6-11(10-4-2-3-5-14(10)21-9)15(23)22-7-12(16(24)25)13(8-22)17(18,19)20/h2-6,12-13H,7-8H2,1H3,(H,24,25)/t12-,13-/m1/s1. The maximum atomic E-state index is 13.1. The fourth-order valence-corrected chi connectivity index (χ4v) is 3.21. The third-order valence-corrected chi connectivity index (χ3v) is 4.42. The third-order valence-electron chi connectivity index (χ3n) is 4.42. The molecule has 3 rings (SSSR count). The molecular formula is C17H15F3N2O3. The molecule has 132 valence electrons. The lowest BCUT2D eigenvalue weighted by Gasteiger charge is -2.19. The molecular weight excluding hydrogens is 337 g/mol. The van der Waals surface area contributed by atoms with Gasteiger partial charge in [-0.25, -0.2) is 0 Å². The number of halogens is 3. The Hall–Kier alpha value is -2.64. The summed E-state index contributed by atoms with van der Waals surface area (Å²) in [5.41, 5.74) is 1.35. The van der Waals surface area contributed by atoms with Gasteiger partial charge >= 0.3 is 12.1 Å². The summed E-state index contributed by atoms with van der Waals surface area (Å²) in [5, 5.41) is 9.61. The van der Waals surface area contributed by atoms with Crippen LogP contribution in [-0.2, 0) is 4.79 Å². The Morgan fingerprint density at radius 1 is 1.24 bits per heavy atom. The Morgan fingerprint density at radius 2 is 1.92 bits per heavy atom. The van der Waals surface area contributed by atoms with Crippen molar-refractivity contribution in [1.82, 2.24) is 9.88 Å². The fraction of sp³-hybridized carbons (Fsp3) is 0.353. The Morgan fingerprint density at radius 3 is 2.52 bits per heavy atom. The zero-order valence-electron chi connectivity index (χ0n) is 13.2. The van der Waals surface area contributed by atoms with Crippen LogP contribution in [0.1, 0.15) is 16.1 Å². The second-order valence-corrected chi connectivity index (χ2v) is 6.13. The molecule has 0 saturated carbocycles. The summed E-state index contributed by atoms with van der Waals surface area (Å²) in [4.78, 5) is 29.2. The minimum Gasteiger partial charge on any atom is -0.481 e. The molecule has 1 aliphatic rings. The van der Waals surface area contributed by atoms with E-state index in [1.807, 2.05) is 0 Å². The number of nitrogens with zero attached hydrogens (tertiary/aromatic N) is 2. The van der Waals surface area contributed by atoms with E-state index >= 15 is 0 Å². The van der Waals surface area contributed by atoms with E-state index < -0.39 is 43.0 Å². The summed E-state index contributed by atoms with van der Waals surface area (Å²) in [6.45, 7) is 0.564. The number of carbonyl (C=O) groups excluding carboxylic acids is 1. The number of carboxylic acids is 1. The molecule has 1 amide bonds. The quantitative estimate of drug-likeness (QED) is 0.902. The van der Waals surface area contributed by atoms with Gasteiger partial charge in [0.1, 0.15) is 0 Å². The summed E-state index contributed by atoms with van der Waals surface area (Å²) in [5.74, 6) is -5.88. The molecule has 1 aromatic carbocycles. The number of fused-ring (bicyclic) bond motifs is 1. The van der Waals surface area contributed by atoms with Crippen molar-refractivity contribution in [2.24, 2.45) is 11.8 Å². The molecule has 5 nitrogen and oxygen atoms in total. The molecule has 1 fully saturated rings. The maximum absolute atomic E-state index is 13.1. The van der Waals surface area contributed by atoms with Crippen LogP contribution in [0.25, 0.3) is 10.9 Å². The number of aromatic nitrogens is 1. The lowest BCUT2D eigenvalue weighted by atomic mass is 9.96. The van der Waals surface area contributed by atoms with Crippen LogP contribution in [-0.4, -0.2) is 46.1 Å². The van der Waals surface area contributed by atoms with Gasteiger partial charge in [-0.1, -0.05) is 18.2 Å². The summed E-state index contributed by atoms with van der Waals surface area (Å²) >= 11 is 0. The number of hydrogen-bond donors (Lipinski definition) is 1. The van der Waals surface area contributed by atoms with Crippen molar-refractivity contribution < 1.29 is 27.9 Å². The molecule has 1 saturated heterocycles. The number of likely N-dealkylation sites (tertiary alicyclic amines) is 1. The fourth-order valence-electron chi connectivity index (χ4n) is 3.21. The number of aryl methyl sites for hydroxylation is 1. The number of benzene rings is 1. The number of hydrogen-bond acceptors (Lipinski definition) is 3. The Bertz CT molecular complexity index is 851. The topological polar surface area (TPSA) is 70.5 Å². The van der Waals surface area contributed by atoms with Gasteiger partial charge in [0.15, 0.2) is 0 Å². The van der Waals surface area contributed by atoms with Crippen molar-refractivity contribution in [3.8, 4) is 0 Å². The van der Waals surface area contributed by atoms with Crippen LogP contribution in [0.15, 0.2) is 30.3 Å². The summed E-state index contributed by atoms with van der Waals surface area (Å²) < 4.78 is 39.3. The molecule has 2 atom stereocenters. The van der Waals surface area contributed by atoms with Crippen molar-refractivity contribution in [2.45, 2.75) is 13.1 Å². The first-order valence-corrected chi connectivity index (χ1v) is 7.63. The van der Waals surface area contributed by atoms with Crippen molar-refractivity contribution in [2.75, 3.05) is 13.1 Å². The van der Waals surface area contributed by atoms with E-state index in [9.17, 15) is 22.8 Å². The van der Waals surface area contributed by atoms with E-state index in [1.54, 1.807) is 31.2 Å². The Kier molecular flexibility index (Phi) is 4.14. The van der Waals surface area contributed by atoms with E-state index in [-0.39, 0.29) is 5.56 Å². The lowest BCUT2D eigenvalue weighted by molar-refractivity contribution is -0.187. The number of amides is 1. The number of carboxylic acid groups (broad SMARTS) is 1. The molecule has 2 heterocycles. The SMILES string of the molecule is Cc1cc(C(=O)N2C[C@@H](C(F)(F)F)[C@H](C(=O)O)C2)c2ccccc2n1. The molecule has 1 aliphatic heterocycles. The summed E-state index contributed by atoms with van der Waals surface area (Å²) in [6.07, 6.45) is -4.67.